The fraction of sp³-hybridized carbons (Fsp3) is 0.909. The number of rotatable bonds is 4. The number of likely N-dealkylation sites (tertiary alicyclic amines) is 1. The number of hydrogen-bond acceptors (Lipinski definition) is 3. The second-order valence-electron chi connectivity index (χ2n) is 4.19. The van der Waals surface area contributed by atoms with Crippen LogP contribution < -0.4 is 5.32 Å². The lowest BCUT2D eigenvalue weighted by Crippen LogP contribution is -2.57. The highest BCUT2D eigenvalue weighted by molar-refractivity contribution is 5.88. The van der Waals surface area contributed by atoms with E-state index < -0.39 is 0 Å². The maximum absolute atomic E-state index is 11.9. The number of hydrogen-bond donors (Lipinski definition) is 1. The van der Waals surface area contributed by atoms with Crippen molar-refractivity contribution in [3.8, 4) is 0 Å². The van der Waals surface area contributed by atoms with Gasteiger partial charge in [0.05, 0.1) is 5.54 Å². The maximum atomic E-state index is 11.9. The monoisotopic (exact) mass is 198 g/mol. The number of piperidine rings is 1. The molecule has 1 aliphatic heterocycles. The Morgan fingerprint density at radius 3 is 2.36 bits per heavy atom. The van der Waals surface area contributed by atoms with Gasteiger partial charge in [0.15, 0.2) is 5.78 Å². The van der Waals surface area contributed by atoms with E-state index in [2.05, 4.69) is 24.2 Å². The first-order chi connectivity index (χ1) is 6.64. The Morgan fingerprint density at radius 1 is 1.36 bits per heavy atom. The van der Waals surface area contributed by atoms with Crippen LogP contribution in [0.2, 0.25) is 0 Å². The highest BCUT2D eigenvalue weighted by atomic mass is 16.1. The van der Waals surface area contributed by atoms with Crippen LogP contribution in [0.4, 0.5) is 0 Å². The summed E-state index contributed by atoms with van der Waals surface area (Å²) >= 11 is 0. The van der Waals surface area contributed by atoms with Crippen LogP contribution in [0.1, 0.15) is 33.1 Å². The smallest absolute Gasteiger partial charge is 0.152 e. The molecule has 0 aromatic carbocycles. The van der Waals surface area contributed by atoms with E-state index in [1.165, 1.54) is 0 Å². The summed E-state index contributed by atoms with van der Waals surface area (Å²) in [7, 11) is 2.12. The topological polar surface area (TPSA) is 32.3 Å². The lowest BCUT2D eigenvalue weighted by molar-refractivity contribution is -0.127. The summed E-state index contributed by atoms with van der Waals surface area (Å²) in [5.41, 5.74) is -0.212. The third-order valence-electron chi connectivity index (χ3n) is 3.21. The predicted octanol–water partition coefficient (Wildman–Crippen LogP) is 1.04. The Morgan fingerprint density at radius 2 is 1.93 bits per heavy atom. The number of nitrogens with zero attached hydrogens (tertiary/aromatic N) is 1. The number of carbonyl (C=O) groups excluding carboxylic acids is 1. The Bertz CT molecular complexity index is 195. The van der Waals surface area contributed by atoms with Gasteiger partial charge >= 0.3 is 0 Å². The molecule has 1 aliphatic rings. The molecule has 0 radical (unpaired) electrons. The van der Waals surface area contributed by atoms with Crippen LogP contribution in [-0.4, -0.2) is 42.9 Å². The molecule has 0 atom stereocenters. The van der Waals surface area contributed by atoms with Crippen molar-refractivity contribution in [2.45, 2.75) is 38.6 Å². The summed E-state index contributed by atoms with van der Waals surface area (Å²) in [6, 6.07) is 0. The van der Waals surface area contributed by atoms with Crippen molar-refractivity contribution in [2.24, 2.45) is 0 Å². The SMILES string of the molecule is CCNC1(C(=O)CC)CCN(C)CC1. The van der Waals surface area contributed by atoms with Crippen molar-refractivity contribution >= 4 is 5.78 Å². The molecule has 0 unspecified atom stereocenters. The average molecular weight is 198 g/mol. The summed E-state index contributed by atoms with van der Waals surface area (Å²) in [4.78, 5) is 14.2. The molecule has 1 rings (SSSR count). The van der Waals surface area contributed by atoms with Crippen LogP contribution >= 0.6 is 0 Å². The number of carbonyl (C=O) groups is 1. The summed E-state index contributed by atoms with van der Waals surface area (Å²) in [5, 5.41) is 3.39. The molecule has 0 amide bonds. The molecule has 1 fully saturated rings. The Labute approximate surface area is 86.9 Å². The van der Waals surface area contributed by atoms with Crippen LogP contribution in [0, 0.1) is 0 Å². The van der Waals surface area contributed by atoms with E-state index in [0.717, 1.165) is 32.5 Å². The van der Waals surface area contributed by atoms with E-state index in [0.29, 0.717) is 12.2 Å². The molecule has 3 nitrogen and oxygen atoms in total. The lowest BCUT2D eigenvalue weighted by Gasteiger charge is -2.40. The van der Waals surface area contributed by atoms with Crippen LogP contribution in [0.25, 0.3) is 0 Å². The normalized spacial score (nSPS) is 22.2. The molecular formula is C11H22N2O. The van der Waals surface area contributed by atoms with Gasteiger partial charge in [-0.3, -0.25) is 4.79 Å². The van der Waals surface area contributed by atoms with Crippen LogP contribution in [0.3, 0.4) is 0 Å². The first-order valence-corrected chi connectivity index (χ1v) is 5.61. The fourth-order valence-corrected chi connectivity index (χ4v) is 2.23. The summed E-state index contributed by atoms with van der Waals surface area (Å²) in [6.07, 6.45) is 2.57. The van der Waals surface area contributed by atoms with Gasteiger partial charge in [0, 0.05) is 19.5 Å². The summed E-state index contributed by atoms with van der Waals surface area (Å²) in [5.74, 6) is 0.382. The van der Waals surface area contributed by atoms with Crippen molar-refractivity contribution in [1.82, 2.24) is 10.2 Å². The van der Waals surface area contributed by atoms with Gasteiger partial charge in [0.25, 0.3) is 0 Å². The van der Waals surface area contributed by atoms with Crippen molar-refractivity contribution in [1.29, 1.82) is 0 Å². The lowest BCUT2D eigenvalue weighted by atomic mass is 9.82. The van der Waals surface area contributed by atoms with Gasteiger partial charge in [-0.05, 0) is 26.4 Å². The molecule has 0 saturated carbocycles. The third kappa shape index (κ3) is 2.34. The van der Waals surface area contributed by atoms with Gasteiger partial charge in [-0.25, -0.2) is 0 Å². The van der Waals surface area contributed by atoms with E-state index in [1.54, 1.807) is 0 Å². The van der Waals surface area contributed by atoms with Crippen LogP contribution in [0.15, 0.2) is 0 Å². The molecule has 0 aromatic heterocycles. The third-order valence-corrected chi connectivity index (χ3v) is 3.21. The molecule has 1 N–H and O–H groups in total. The zero-order valence-corrected chi connectivity index (χ0v) is 9.60. The number of likely N-dealkylation sites (N-methyl/N-ethyl adjacent to an activating group) is 1. The van der Waals surface area contributed by atoms with E-state index >= 15 is 0 Å². The van der Waals surface area contributed by atoms with Crippen molar-refractivity contribution < 1.29 is 4.79 Å². The van der Waals surface area contributed by atoms with Crippen molar-refractivity contribution in [3.63, 3.8) is 0 Å². The molecule has 0 bridgehead atoms. The van der Waals surface area contributed by atoms with Crippen LogP contribution in [-0.2, 0) is 4.79 Å². The van der Waals surface area contributed by atoms with Gasteiger partial charge in [0.1, 0.15) is 0 Å². The Kier molecular flexibility index (Phi) is 4.08. The molecule has 0 aromatic rings. The minimum absolute atomic E-state index is 0.212. The second kappa shape index (κ2) is 4.89. The quantitative estimate of drug-likeness (QED) is 0.732. The zero-order chi connectivity index (χ0) is 10.6. The first-order valence-electron chi connectivity index (χ1n) is 5.61. The van der Waals surface area contributed by atoms with E-state index in [4.69, 9.17) is 0 Å². The largest absolute Gasteiger partial charge is 0.306 e. The average Bonchev–Trinajstić information content (AvgIpc) is 2.21. The molecule has 1 saturated heterocycles. The molecule has 0 aliphatic carbocycles. The van der Waals surface area contributed by atoms with E-state index in [9.17, 15) is 4.79 Å². The summed E-state index contributed by atoms with van der Waals surface area (Å²) in [6.45, 7) is 6.97. The minimum Gasteiger partial charge on any atom is -0.306 e. The standard InChI is InChI=1S/C11H22N2O/c1-4-10(14)11(12-5-2)6-8-13(3)9-7-11/h12H,4-9H2,1-3H3. The molecular weight excluding hydrogens is 176 g/mol. The van der Waals surface area contributed by atoms with Crippen molar-refractivity contribution in [2.75, 3.05) is 26.7 Å². The van der Waals surface area contributed by atoms with Crippen LogP contribution in [0.5, 0.6) is 0 Å². The second-order valence-corrected chi connectivity index (χ2v) is 4.19. The van der Waals surface area contributed by atoms with Gasteiger partial charge in [-0.2, -0.15) is 0 Å². The first kappa shape index (κ1) is 11.7. The highest BCUT2D eigenvalue weighted by Crippen LogP contribution is 2.23. The number of nitrogens with one attached hydrogen (secondary N) is 1. The Balaban J connectivity index is 2.67. The van der Waals surface area contributed by atoms with Gasteiger partial charge < -0.3 is 10.2 Å². The molecule has 0 spiro atoms. The molecule has 1 heterocycles. The predicted molar refractivity (Wildman–Crippen MR) is 58.4 cm³/mol. The number of ketones is 1. The Hall–Kier alpha value is -0.410. The number of Topliss-reactive ketones (excluding diaryl/α,β-unsaturated/α-hetero) is 1. The molecule has 82 valence electrons. The highest BCUT2D eigenvalue weighted by Gasteiger charge is 2.38. The zero-order valence-electron chi connectivity index (χ0n) is 9.60. The minimum atomic E-state index is -0.212. The summed E-state index contributed by atoms with van der Waals surface area (Å²) < 4.78 is 0. The van der Waals surface area contributed by atoms with E-state index in [1.807, 2.05) is 6.92 Å². The maximum Gasteiger partial charge on any atom is 0.152 e. The van der Waals surface area contributed by atoms with E-state index in [-0.39, 0.29) is 5.54 Å². The van der Waals surface area contributed by atoms with Gasteiger partial charge in [-0.1, -0.05) is 13.8 Å². The van der Waals surface area contributed by atoms with Gasteiger partial charge in [-0.15, -0.1) is 0 Å². The molecule has 3 heteroatoms. The van der Waals surface area contributed by atoms with Crippen molar-refractivity contribution in [3.05, 3.63) is 0 Å². The molecule has 14 heavy (non-hydrogen) atoms. The van der Waals surface area contributed by atoms with Gasteiger partial charge in [0.2, 0.25) is 0 Å². The fourth-order valence-electron chi connectivity index (χ4n) is 2.23.